The van der Waals surface area contributed by atoms with Gasteiger partial charge in [0.05, 0.1) is 5.03 Å². The van der Waals surface area contributed by atoms with E-state index in [1.807, 2.05) is 0 Å². The van der Waals surface area contributed by atoms with E-state index in [0.717, 1.165) is 51.5 Å². The maximum Gasteiger partial charge on any atom is 0.0683 e. The SMILES string of the molecule is C=C(SC(C(C)=NCC)=C(C)C)N1CCC(C)(N2CCN(Cc3ccc(C)cc3)C(C)C2)CC1. The number of nitrogens with zero attached hydrogens (tertiary/aromatic N) is 4. The molecule has 3 rings (SSSR count). The van der Waals surface area contributed by atoms with Crippen molar-refractivity contribution < 1.29 is 0 Å². The van der Waals surface area contributed by atoms with Crippen molar-refractivity contribution in [1.82, 2.24) is 14.7 Å². The summed E-state index contributed by atoms with van der Waals surface area (Å²) in [7, 11) is 0. The van der Waals surface area contributed by atoms with Crippen LogP contribution < -0.4 is 0 Å². The molecule has 0 N–H and O–H groups in total. The molecule has 0 spiro atoms. The Balaban J connectivity index is 1.53. The number of thioether (sulfide) groups is 1. The van der Waals surface area contributed by atoms with Crippen molar-refractivity contribution in [3.8, 4) is 0 Å². The number of rotatable bonds is 8. The van der Waals surface area contributed by atoms with Crippen LogP contribution in [0.2, 0.25) is 0 Å². The fourth-order valence-electron chi connectivity index (χ4n) is 5.23. The topological polar surface area (TPSA) is 22.1 Å². The second kappa shape index (κ2) is 11.9. The van der Waals surface area contributed by atoms with Gasteiger partial charge in [-0.1, -0.05) is 53.7 Å². The predicted molar refractivity (Wildman–Crippen MR) is 151 cm³/mol. The van der Waals surface area contributed by atoms with E-state index < -0.39 is 0 Å². The Morgan fingerprint density at radius 3 is 2.29 bits per heavy atom. The summed E-state index contributed by atoms with van der Waals surface area (Å²) in [6.07, 6.45) is 2.40. The van der Waals surface area contributed by atoms with E-state index in [1.54, 1.807) is 11.8 Å². The molecule has 4 nitrogen and oxygen atoms in total. The highest BCUT2D eigenvalue weighted by Gasteiger charge is 2.39. The molecular formula is C29H46N4S. The fraction of sp³-hybridized carbons (Fsp3) is 0.621. The molecule has 2 saturated heterocycles. The smallest absolute Gasteiger partial charge is 0.0683 e. The Morgan fingerprint density at radius 1 is 1.09 bits per heavy atom. The first-order chi connectivity index (χ1) is 16.1. The highest BCUT2D eigenvalue weighted by atomic mass is 32.2. The first kappa shape index (κ1) is 27.0. The zero-order valence-corrected chi connectivity index (χ0v) is 23.5. The van der Waals surface area contributed by atoms with E-state index >= 15 is 0 Å². The third-order valence-corrected chi connectivity index (χ3v) is 9.03. The largest absolute Gasteiger partial charge is 0.366 e. The highest BCUT2D eigenvalue weighted by molar-refractivity contribution is 8.07. The number of likely N-dealkylation sites (tertiary alicyclic amines) is 1. The van der Waals surface area contributed by atoms with Crippen molar-refractivity contribution in [1.29, 1.82) is 0 Å². The average molecular weight is 483 g/mol. The van der Waals surface area contributed by atoms with Gasteiger partial charge in [-0.15, -0.1) is 0 Å². The van der Waals surface area contributed by atoms with E-state index in [-0.39, 0.29) is 5.54 Å². The van der Waals surface area contributed by atoms with Crippen molar-refractivity contribution in [3.05, 3.63) is 57.5 Å². The van der Waals surface area contributed by atoms with E-state index in [2.05, 4.69) is 99.0 Å². The van der Waals surface area contributed by atoms with Gasteiger partial charge in [-0.05, 0) is 66.9 Å². The molecule has 1 unspecified atom stereocenters. The molecule has 34 heavy (non-hydrogen) atoms. The summed E-state index contributed by atoms with van der Waals surface area (Å²) >= 11 is 1.81. The summed E-state index contributed by atoms with van der Waals surface area (Å²) in [5, 5.41) is 1.17. The van der Waals surface area contributed by atoms with E-state index in [0.29, 0.717) is 6.04 Å². The number of benzene rings is 1. The first-order valence-corrected chi connectivity index (χ1v) is 13.8. The summed E-state index contributed by atoms with van der Waals surface area (Å²) in [4.78, 5) is 13.8. The lowest BCUT2D eigenvalue weighted by atomic mass is 9.86. The summed E-state index contributed by atoms with van der Waals surface area (Å²) in [6.45, 7) is 27.6. The minimum atomic E-state index is 0.282. The van der Waals surface area contributed by atoms with Crippen LogP contribution in [-0.2, 0) is 6.54 Å². The third kappa shape index (κ3) is 6.77. The highest BCUT2D eigenvalue weighted by Crippen LogP contribution is 2.36. The molecular weight excluding hydrogens is 436 g/mol. The van der Waals surface area contributed by atoms with E-state index in [9.17, 15) is 0 Å². The number of piperazine rings is 1. The van der Waals surface area contributed by atoms with Gasteiger partial charge in [0.25, 0.3) is 0 Å². The molecule has 2 heterocycles. The predicted octanol–water partition coefficient (Wildman–Crippen LogP) is 6.33. The third-order valence-electron chi connectivity index (χ3n) is 7.63. The molecule has 0 amide bonds. The normalized spacial score (nSPS) is 22.0. The number of hydrogen-bond donors (Lipinski definition) is 0. The molecule has 0 bridgehead atoms. The molecule has 1 aromatic carbocycles. The number of aliphatic imine (C=N–C) groups is 1. The van der Waals surface area contributed by atoms with Crippen LogP contribution in [0.1, 0.15) is 65.5 Å². The Labute approximate surface area is 213 Å². The van der Waals surface area contributed by atoms with Gasteiger partial charge in [0, 0.05) is 68.0 Å². The van der Waals surface area contributed by atoms with Crippen LogP contribution >= 0.6 is 11.8 Å². The zero-order valence-electron chi connectivity index (χ0n) is 22.7. The molecule has 0 aromatic heterocycles. The minimum absolute atomic E-state index is 0.282. The van der Waals surface area contributed by atoms with Crippen LogP contribution in [0.4, 0.5) is 0 Å². The van der Waals surface area contributed by atoms with Gasteiger partial charge in [-0.2, -0.15) is 0 Å². The molecule has 2 aliphatic heterocycles. The molecule has 0 aliphatic carbocycles. The summed E-state index contributed by atoms with van der Waals surface area (Å²) in [5.41, 5.74) is 5.50. The van der Waals surface area contributed by atoms with E-state index in [4.69, 9.17) is 0 Å². The van der Waals surface area contributed by atoms with Crippen molar-refractivity contribution >= 4 is 17.5 Å². The van der Waals surface area contributed by atoms with Crippen molar-refractivity contribution in [2.45, 2.75) is 79.4 Å². The molecule has 0 radical (unpaired) electrons. The molecule has 1 aromatic rings. The van der Waals surface area contributed by atoms with Crippen LogP contribution in [-0.4, -0.2) is 71.3 Å². The van der Waals surface area contributed by atoms with Crippen LogP contribution in [0.25, 0.3) is 0 Å². The minimum Gasteiger partial charge on any atom is -0.366 e. The molecule has 1 atom stereocenters. The van der Waals surface area contributed by atoms with Crippen molar-refractivity contribution in [2.75, 3.05) is 39.3 Å². The Hall–Kier alpha value is -1.56. The molecule has 188 valence electrons. The van der Waals surface area contributed by atoms with Gasteiger partial charge < -0.3 is 4.90 Å². The van der Waals surface area contributed by atoms with Gasteiger partial charge in [0.1, 0.15) is 0 Å². The monoisotopic (exact) mass is 482 g/mol. The van der Waals surface area contributed by atoms with Crippen molar-refractivity contribution in [3.63, 3.8) is 0 Å². The second-order valence-electron chi connectivity index (χ2n) is 10.6. The molecule has 5 heteroatoms. The van der Waals surface area contributed by atoms with Crippen LogP contribution in [0.15, 0.2) is 51.3 Å². The second-order valence-corrected chi connectivity index (χ2v) is 11.7. The summed E-state index contributed by atoms with van der Waals surface area (Å²) < 4.78 is 0. The van der Waals surface area contributed by atoms with Gasteiger partial charge in [0.15, 0.2) is 0 Å². The van der Waals surface area contributed by atoms with Crippen LogP contribution in [0.3, 0.4) is 0 Å². The summed E-state index contributed by atoms with van der Waals surface area (Å²) in [5.74, 6) is 0. The lowest BCUT2D eigenvalue weighted by Gasteiger charge is -2.52. The van der Waals surface area contributed by atoms with Crippen LogP contribution in [0, 0.1) is 6.92 Å². The average Bonchev–Trinajstić information content (AvgIpc) is 2.80. The quantitative estimate of drug-likeness (QED) is 0.403. The van der Waals surface area contributed by atoms with E-state index in [1.165, 1.54) is 39.5 Å². The number of piperidine rings is 1. The Morgan fingerprint density at radius 2 is 1.74 bits per heavy atom. The summed E-state index contributed by atoms with van der Waals surface area (Å²) in [6, 6.07) is 9.61. The number of allylic oxidation sites excluding steroid dienone is 2. The van der Waals surface area contributed by atoms with Crippen molar-refractivity contribution in [2.24, 2.45) is 4.99 Å². The maximum atomic E-state index is 4.64. The zero-order chi connectivity index (χ0) is 24.9. The Bertz CT molecular complexity index is 889. The van der Waals surface area contributed by atoms with Crippen LogP contribution in [0.5, 0.6) is 0 Å². The van der Waals surface area contributed by atoms with Gasteiger partial charge in [0.2, 0.25) is 0 Å². The van der Waals surface area contributed by atoms with Gasteiger partial charge >= 0.3 is 0 Å². The van der Waals surface area contributed by atoms with Gasteiger partial charge in [-0.3, -0.25) is 14.8 Å². The first-order valence-electron chi connectivity index (χ1n) is 13.0. The number of aryl methyl sites for hydroxylation is 1. The molecule has 2 aliphatic rings. The van der Waals surface area contributed by atoms with Gasteiger partial charge in [-0.25, -0.2) is 0 Å². The standard InChI is InChI=1S/C29H46N4S/c1-9-30-25(6)28(22(2)3)34-26(7)31-16-14-29(8,15-17-31)33-19-18-32(24(5)20-33)21-27-12-10-23(4)11-13-27/h10-13,24H,7,9,14-21H2,1-6,8H3. The molecule has 2 fully saturated rings. The fourth-order valence-corrected chi connectivity index (χ4v) is 6.20. The Kier molecular flexibility index (Phi) is 9.48. The lowest BCUT2D eigenvalue weighted by Crippen LogP contribution is -2.61. The maximum absolute atomic E-state index is 4.64. The molecule has 0 saturated carbocycles. The number of hydrogen-bond acceptors (Lipinski definition) is 5. The lowest BCUT2D eigenvalue weighted by molar-refractivity contribution is -0.0165.